The van der Waals surface area contributed by atoms with Crippen molar-refractivity contribution in [3.8, 4) is 17.8 Å². The van der Waals surface area contributed by atoms with Gasteiger partial charge in [-0.3, -0.25) is 4.79 Å². The molecule has 26 heavy (non-hydrogen) atoms. The molecule has 0 bridgehead atoms. The molecule has 1 aliphatic rings. The summed E-state index contributed by atoms with van der Waals surface area (Å²) in [5.74, 6) is 0.580. The minimum absolute atomic E-state index is 0.0277. The van der Waals surface area contributed by atoms with Crippen LogP contribution in [0.2, 0.25) is 0 Å². The lowest BCUT2D eigenvalue weighted by Crippen LogP contribution is -2.31. The van der Waals surface area contributed by atoms with Gasteiger partial charge in [0.1, 0.15) is 12.2 Å². The highest BCUT2D eigenvalue weighted by Crippen LogP contribution is 2.20. The summed E-state index contributed by atoms with van der Waals surface area (Å²) in [4.78, 5) is 26.4. The molecule has 0 aromatic carbocycles. The number of hydrogen-bond donors (Lipinski definition) is 0. The predicted molar refractivity (Wildman–Crippen MR) is 91.7 cm³/mol. The molecule has 3 heterocycles. The maximum absolute atomic E-state index is 12.6. The Bertz CT molecular complexity index is 816. The molecule has 0 radical (unpaired) electrons. The van der Waals surface area contributed by atoms with Gasteiger partial charge in [-0.2, -0.15) is 5.26 Å². The first kappa shape index (κ1) is 17.6. The summed E-state index contributed by atoms with van der Waals surface area (Å²) >= 11 is 0. The lowest BCUT2D eigenvalue weighted by atomic mass is 10.2. The van der Waals surface area contributed by atoms with Crippen molar-refractivity contribution in [3.63, 3.8) is 0 Å². The number of carbonyl (C=O) groups excluding carboxylic acids is 1. The first-order valence-corrected chi connectivity index (χ1v) is 8.36. The highest BCUT2D eigenvalue weighted by molar-refractivity contribution is 5.94. The number of aromatic nitrogens is 3. The van der Waals surface area contributed by atoms with Crippen LogP contribution >= 0.6 is 0 Å². The number of ether oxygens (including phenoxy) is 2. The van der Waals surface area contributed by atoms with Crippen molar-refractivity contribution in [1.82, 2.24) is 19.9 Å². The Hall–Kier alpha value is -3.21. The third-order valence-electron chi connectivity index (χ3n) is 3.82. The molecule has 0 spiro atoms. The summed E-state index contributed by atoms with van der Waals surface area (Å²) < 4.78 is 11.2. The molecular formula is C18H19N5O3. The van der Waals surface area contributed by atoms with Crippen molar-refractivity contribution in [2.75, 3.05) is 13.1 Å². The van der Waals surface area contributed by atoms with Crippen LogP contribution in [0.5, 0.6) is 11.8 Å². The molecule has 1 aliphatic heterocycles. The van der Waals surface area contributed by atoms with E-state index < -0.39 is 0 Å². The molecule has 8 heteroatoms. The standard InChI is InChI=1S/C18H19N5O3/c1-12(2)25-16-4-3-13(10-22-16)18(24)23-8-5-14(11-23)26-17-15(9-19)20-6-7-21-17/h3-4,6-7,10,12,14H,5,8,11H2,1-2H3. The molecule has 1 amide bonds. The summed E-state index contributed by atoms with van der Waals surface area (Å²) in [5, 5.41) is 9.04. The minimum atomic E-state index is -0.223. The lowest BCUT2D eigenvalue weighted by Gasteiger charge is -2.17. The van der Waals surface area contributed by atoms with Crippen molar-refractivity contribution in [1.29, 1.82) is 5.26 Å². The lowest BCUT2D eigenvalue weighted by molar-refractivity contribution is 0.0770. The zero-order chi connectivity index (χ0) is 18.5. The van der Waals surface area contributed by atoms with E-state index in [4.69, 9.17) is 14.7 Å². The van der Waals surface area contributed by atoms with E-state index in [1.807, 2.05) is 19.9 Å². The average Bonchev–Trinajstić information content (AvgIpc) is 3.10. The number of rotatable bonds is 5. The topological polar surface area (TPSA) is 101 Å². The Balaban J connectivity index is 1.61. The van der Waals surface area contributed by atoms with Gasteiger partial charge in [-0.05, 0) is 19.9 Å². The number of carbonyl (C=O) groups is 1. The molecule has 3 rings (SSSR count). The van der Waals surface area contributed by atoms with Crippen LogP contribution < -0.4 is 9.47 Å². The van der Waals surface area contributed by atoms with E-state index in [1.165, 1.54) is 18.6 Å². The summed E-state index contributed by atoms with van der Waals surface area (Å²) in [6.07, 6.45) is 4.90. The monoisotopic (exact) mass is 353 g/mol. The van der Waals surface area contributed by atoms with Crippen molar-refractivity contribution in [3.05, 3.63) is 42.0 Å². The van der Waals surface area contributed by atoms with Crippen LogP contribution in [0.4, 0.5) is 0 Å². The van der Waals surface area contributed by atoms with Gasteiger partial charge in [-0.15, -0.1) is 0 Å². The number of nitriles is 1. The molecule has 8 nitrogen and oxygen atoms in total. The van der Waals surface area contributed by atoms with Crippen LogP contribution in [0.1, 0.15) is 36.3 Å². The highest BCUT2D eigenvalue weighted by atomic mass is 16.5. The fourth-order valence-electron chi connectivity index (χ4n) is 2.66. The summed E-state index contributed by atoms with van der Waals surface area (Å²) in [6.45, 7) is 4.82. The Morgan fingerprint density at radius 3 is 2.81 bits per heavy atom. The second-order valence-electron chi connectivity index (χ2n) is 6.15. The van der Waals surface area contributed by atoms with Crippen molar-refractivity contribution < 1.29 is 14.3 Å². The van der Waals surface area contributed by atoms with Gasteiger partial charge in [0.2, 0.25) is 11.6 Å². The molecule has 1 fully saturated rings. The van der Waals surface area contributed by atoms with Gasteiger partial charge in [0.05, 0.1) is 18.2 Å². The van der Waals surface area contributed by atoms with Gasteiger partial charge >= 0.3 is 0 Å². The average molecular weight is 353 g/mol. The molecule has 134 valence electrons. The number of nitrogens with zero attached hydrogens (tertiary/aromatic N) is 5. The number of amides is 1. The van der Waals surface area contributed by atoms with E-state index in [0.717, 1.165) is 0 Å². The molecule has 1 saturated heterocycles. The van der Waals surface area contributed by atoms with Crippen molar-refractivity contribution in [2.24, 2.45) is 0 Å². The predicted octanol–water partition coefficient (Wildman–Crippen LogP) is 1.82. The number of hydrogen-bond acceptors (Lipinski definition) is 7. The van der Waals surface area contributed by atoms with E-state index in [0.29, 0.717) is 31.0 Å². The van der Waals surface area contributed by atoms with E-state index in [1.54, 1.807) is 17.0 Å². The molecule has 0 N–H and O–H groups in total. The van der Waals surface area contributed by atoms with Crippen LogP contribution in [-0.2, 0) is 0 Å². The summed E-state index contributed by atoms with van der Waals surface area (Å²) in [7, 11) is 0. The Morgan fingerprint density at radius 1 is 1.31 bits per heavy atom. The van der Waals surface area contributed by atoms with Crippen LogP contribution in [0.25, 0.3) is 0 Å². The molecule has 2 aromatic rings. The first-order valence-electron chi connectivity index (χ1n) is 8.36. The maximum atomic E-state index is 12.6. The largest absolute Gasteiger partial charge is 0.475 e. The van der Waals surface area contributed by atoms with Gasteiger partial charge in [0.25, 0.3) is 11.8 Å². The van der Waals surface area contributed by atoms with Gasteiger partial charge in [-0.25, -0.2) is 15.0 Å². The van der Waals surface area contributed by atoms with E-state index in [9.17, 15) is 4.79 Å². The second-order valence-corrected chi connectivity index (χ2v) is 6.15. The second kappa shape index (κ2) is 7.78. The third-order valence-corrected chi connectivity index (χ3v) is 3.82. The number of pyridine rings is 1. The first-order chi connectivity index (χ1) is 12.6. The van der Waals surface area contributed by atoms with Crippen molar-refractivity contribution >= 4 is 5.91 Å². The van der Waals surface area contributed by atoms with Gasteiger partial charge in [-0.1, -0.05) is 0 Å². The van der Waals surface area contributed by atoms with Crippen LogP contribution in [0.3, 0.4) is 0 Å². The zero-order valence-electron chi connectivity index (χ0n) is 14.6. The van der Waals surface area contributed by atoms with Crippen LogP contribution in [0, 0.1) is 11.3 Å². The molecule has 1 atom stereocenters. The smallest absolute Gasteiger partial charge is 0.255 e. The zero-order valence-corrected chi connectivity index (χ0v) is 14.6. The van der Waals surface area contributed by atoms with E-state index >= 15 is 0 Å². The van der Waals surface area contributed by atoms with Gasteiger partial charge in [0, 0.05) is 37.6 Å². The molecule has 0 saturated carbocycles. The molecule has 2 aromatic heterocycles. The normalized spacial score (nSPS) is 16.4. The third kappa shape index (κ3) is 4.06. The summed E-state index contributed by atoms with van der Waals surface area (Å²) in [5.41, 5.74) is 0.640. The Kier molecular flexibility index (Phi) is 5.27. The molecule has 1 unspecified atom stereocenters. The van der Waals surface area contributed by atoms with E-state index in [-0.39, 0.29) is 29.7 Å². The van der Waals surface area contributed by atoms with Gasteiger partial charge in [0.15, 0.2) is 0 Å². The van der Waals surface area contributed by atoms with Crippen LogP contribution in [-0.4, -0.2) is 51.1 Å². The highest BCUT2D eigenvalue weighted by Gasteiger charge is 2.29. The Labute approximate surface area is 151 Å². The van der Waals surface area contributed by atoms with E-state index in [2.05, 4.69) is 15.0 Å². The quantitative estimate of drug-likeness (QED) is 0.808. The Morgan fingerprint density at radius 2 is 2.12 bits per heavy atom. The van der Waals surface area contributed by atoms with Crippen molar-refractivity contribution in [2.45, 2.75) is 32.5 Å². The maximum Gasteiger partial charge on any atom is 0.255 e. The number of likely N-dealkylation sites (tertiary alicyclic amines) is 1. The minimum Gasteiger partial charge on any atom is -0.475 e. The SMILES string of the molecule is CC(C)Oc1ccc(C(=O)N2CCC(Oc3nccnc3C#N)C2)cn1. The molecular weight excluding hydrogens is 334 g/mol. The van der Waals surface area contributed by atoms with Crippen LogP contribution in [0.15, 0.2) is 30.7 Å². The molecule has 0 aliphatic carbocycles. The fraction of sp³-hybridized carbons (Fsp3) is 0.389. The summed E-state index contributed by atoms with van der Waals surface area (Å²) in [6, 6.07) is 5.35. The van der Waals surface area contributed by atoms with Gasteiger partial charge < -0.3 is 14.4 Å². The fourth-order valence-corrected chi connectivity index (χ4v) is 2.66.